The predicted octanol–water partition coefficient (Wildman–Crippen LogP) is 1.25. The molecule has 2 heterocycles. The van der Waals surface area contributed by atoms with Crippen LogP contribution in [0.25, 0.3) is 0 Å². The first kappa shape index (κ1) is 12.6. The molecule has 1 aromatic rings. The molecule has 7 nitrogen and oxygen atoms in total. The van der Waals surface area contributed by atoms with Gasteiger partial charge in [-0.05, 0) is 30.4 Å². The molecule has 3 rings (SSSR count). The van der Waals surface area contributed by atoms with Gasteiger partial charge in [-0.1, -0.05) is 0 Å². The number of aromatic nitrogens is 2. The Labute approximate surface area is 114 Å². The highest BCUT2D eigenvalue weighted by Crippen LogP contribution is 2.41. The van der Waals surface area contributed by atoms with Crippen molar-refractivity contribution in [1.82, 2.24) is 9.97 Å². The van der Waals surface area contributed by atoms with Crippen molar-refractivity contribution in [2.75, 3.05) is 18.0 Å². The molecule has 1 saturated heterocycles. The molecule has 0 spiro atoms. The lowest BCUT2D eigenvalue weighted by atomic mass is 10.00. The van der Waals surface area contributed by atoms with E-state index in [1.54, 1.807) is 0 Å². The highest BCUT2D eigenvalue weighted by molar-refractivity contribution is 6.28. The highest BCUT2D eigenvalue weighted by atomic mass is 35.5. The average Bonchev–Trinajstić information content (AvgIpc) is 2.91. The van der Waals surface area contributed by atoms with Crippen LogP contribution in [0.4, 0.5) is 11.5 Å². The Hall–Kier alpha value is -1.47. The second-order valence-electron chi connectivity index (χ2n) is 5.08. The first-order valence-corrected chi connectivity index (χ1v) is 6.54. The van der Waals surface area contributed by atoms with Crippen LogP contribution in [0.5, 0.6) is 0 Å². The van der Waals surface area contributed by atoms with Gasteiger partial charge in [-0.3, -0.25) is 10.1 Å². The Balaban J connectivity index is 1.91. The molecule has 19 heavy (non-hydrogen) atoms. The lowest BCUT2D eigenvalue weighted by Gasteiger charge is -2.18. The van der Waals surface area contributed by atoms with Crippen molar-refractivity contribution < 1.29 is 10.0 Å². The van der Waals surface area contributed by atoms with Gasteiger partial charge >= 0.3 is 5.69 Å². The summed E-state index contributed by atoms with van der Waals surface area (Å²) < 4.78 is 0. The summed E-state index contributed by atoms with van der Waals surface area (Å²) in [6.45, 7) is 1.26. The second-order valence-corrected chi connectivity index (χ2v) is 5.42. The van der Waals surface area contributed by atoms with Gasteiger partial charge in [0.1, 0.15) is 6.20 Å². The number of aliphatic hydroxyl groups is 1. The van der Waals surface area contributed by atoms with Gasteiger partial charge in [0, 0.05) is 19.0 Å². The Morgan fingerprint density at radius 3 is 2.95 bits per heavy atom. The average molecular weight is 285 g/mol. The van der Waals surface area contributed by atoms with Crippen LogP contribution in [0.1, 0.15) is 12.8 Å². The van der Waals surface area contributed by atoms with Gasteiger partial charge in [-0.2, -0.15) is 4.98 Å². The SMILES string of the molecule is O=[N+]([O-])c1cnc(Cl)nc1N1CC2CCC(O)C2C1. The van der Waals surface area contributed by atoms with E-state index < -0.39 is 4.92 Å². The minimum absolute atomic E-state index is 0.00166. The lowest BCUT2D eigenvalue weighted by molar-refractivity contribution is -0.384. The molecule has 8 heteroatoms. The summed E-state index contributed by atoms with van der Waals surface area (Å²) in [5, 5.41) is 20.9. The Morgan fingerprint density at radius 2 is 2.26 bits per heavy atom. The van der Waals surface area contributed by atoms with Crippen LogP contribution in [-0.4, -0.2) is 39.2 Å². The number of anilines is 1. The molecule has 1 aliphatic carbocycles. The molecule has 2 aliphatic rings. The van der Waals surface area contributed by atoms with Gasteiger partial charge < -0.3 is 10.0 Å². The first-order valence-electron chi connectivity index (χ1n) is 6.16. The van der Waals surface area contributed by atoms with Crippen LogP contribution < -0.4 is 4.90 Å². The number of aliphatic hydroxyl groups excluding tert-OH is 1. The van der Waals surface area contributed by atoms with Crippen LogP contribution in [0, 0.1) is 22.0 Å². The van der Waals surface area contributed by atoms with E-state index in [1.165, 1.54) is 0 Å². The number of nitrogens with zero attached hydrogens (tertiary/aromatic N) is 4. The molecule has 1 N–H and O–H groups in total. The van der Waals surface area contributed by atoms with Crippen molar-refractivity contribution in [2.24, 2.45) is 11.8 Å². The maximum Gasteiger partial charge on any atom is 0.329 e. The third kappa shape index (κ3) is 2.12. The third-order valence-corrected chi connectivity index (χ3v) is 4.22. The summed E-state index contributed by atoms with van der Waals surface area (Å²) in [5.74, 6) is 0.809. The molecule has 2 fully saturated rings. The number of nitro groups is 1. The number of rotatable bonds is 2. The minimum Gasteiger partial charge on any atom is -0.393 e. The number of hydrogen-bond donors (Lipinski definition) is 1. The fraction of sp³-hybridized carbons (Fsp3) is 0.636. The van der Waals surface area contributed by atoms with Crippen LogP contribution in [0.15, 0.2) is 6.20 Å². The predicted molar refractivity (Wildman–Crippen MR) is 68.1 cm³/mol. The quantitative estimate of drug-likeness (QED) is 0.499. The summed E-state index contributed by atoms with van der Waals surface area (Å²) >= 11 is 5.73. The van der Waals surface area contributed by atoms with Gasteiger partial charge in [-0.15, -0.1) is 0 Å². The lowest BCUT2D eigenvalue weighted by Crippen LogP contribution is -2.26. The molecule has 3 unspecified atom stereocenters. The minimum atomic E-state index is -0.504. The van der Waals surface area contributed by atoms with E-state index in [0.29, 0.717) is 19.0 Å². The number of halogens is 1. The van der Waals surface area contributed by atoms with Crippen LogP contribution in [0.3, 0.4) is 0 Å². The van der Waals surface area contributed by atoms with E-state index in [4.69, 9.17) is 11.6 Å². The summed E-state index contributed by atoms with van der Waals surface area (Å²) in [5.41, 5.74) is -0.140. The van der Waals surface area contributed by atoms with E-state index >= 15 is 0 Å². The second kappa shape index (κ2) is 4.57. The third-order valence-electron chi connectivity index (χ3n) is 4.04. The van der Waals surface area contributed by atoms with Crippen LogP contribution >= 0.6 is 11.6 Å². The van der Waals surface area contributed by atoms with Crippen molar-refractivity contribution in [3.63, 3.8) is 0 Å². The largest absolute Gasteiger partial charge is 0.393 e. The van der Waals surface area contributed by atoms with Crippen molar-refractivity contribution in [3.8, 4) is 0 Å². The van der Waals surface area contributed by atoms with Crippen LogP contribution in [-0.2, 0) is 0 Å². The van der Waals surface area contributed by atoms with Gasteiger partial charge in [-0.25, -0.2) is 4.98 Å². The van der Waals surface area contributed by atoms with Crippen molar-refractivity contribution in [2.45, 2.75) is 18.9 Å². The molecule has 102 valence electrons. The van der Waals surface area contributed by atoms with E-state index in [2.05, 4.69) is 9.97 Å². The molecule has 1 aliphatic heterocycles. The van der Waals surface area contributed by atoms with Gasteiger partial charge in [0.2, 0.25) is 11.1 Å². The van der Waals surface area contributed by atoms with Crippen LogP contribution in [0.2, 0.25) is 5.28 Å². The first-order chi connectivity index (χ1) is 9.06. The molecular formula is C11H13ClN4O3. The maximum absolute atomic E-state index is 11.0. The fourth-order valence-corrected chi connectivity index (χ4v) is 3.25. The van der Waals surface area contributed by atoms with Crippen molar-refractivity contribution in [1.29, 1.82) is 0 Å². The zero-order chi connectivity index (χ0) is 13.6. The fourth-order valence-electron chi connectivity index (χ4n) is 3.12. The normalized spacial score (nSPS) is 29.6. The van der Waals surface area contributed by atoms with Gasteiger partial charge in [0.25, 0.3) is 0 Å². The van der Waals surface area contributed by atoms with Gasteiger partial charge in [0.15, 0.2) is 0 Å². The maximum atomic E-state index is 11.0. The monoisotopic (exact) mass is 284 g/mol. The van der Waals surface area contributed by atoms with E-state index in [-0.39, 0.29) is 28.8 Å². The number of hydrogen-bond acceptors (Lipinski definition) is 6. The molecule has 0 bridgehead atoms. The topological polar surface area (TPSA) is 92.4 Å². The summed E-state index contributed by atoms with van der Waals surface area (Å²) in [7, 11) is 0. The Kier molecular flexibility index (Phi) is 3.02. The van der Waals surface area contributed by atoms with E-state index in [0.717, 1.165) is 19.0 Å². The molecular weight excluding hydrogens is 272 g/mol. The van der Waals surface area contributed by atoms with E-state index in [1.807, 2.05) is 4.90 Å². The zero-order valence-corrected chi connectivity index (χ0v) is 10.8. The molecule has 3 atom stereocenters. The standard InChI is InChI=1S/C11H13ClN4O3/c12-11-13-3-8(16(18)19)10(14-11)15-4-6-1-2-9(17)7(6)5-15/h3,6-7,9,17H,1-2,4-5H2. The molecule has 1 saturated carbocycles. The van der Waals surface area contributed by atoms with E-state index in [9.17, 15) is 15.2 Å². The van der Waals surface area contributed by atoms with Gasteiger partial charge in [0.05, 0.1) is 11.0 Å². The Morgan fingerprint density at radius 1 is 1.47 bits per heavy atom. The Bertz CT molecular complexity index is 527. The molecule has 0 radical (unpaired) electrons. The number of fused-ring (bicyclic) bond motifs is 1. The molecule has 0 aromatic carbocycles. The highest BCUT2D eigenvalue weighted by Gasteiger charge is 2.43. The summed E-state index contributed by atoms with van der Waals surface area (Å²) in [6.07, 6.45) is 2.59. The summed E-state index contributed by atoms with van der Waals surface area (Å²) in [6, 6.07) is 0. The molecule has 1 aromatic heterocycles. The van der Waals surface area contributed by atoms with Crippen molar-refractivity contribution >= 4 is 23.1 Å². The smallest absolute Gasteiger partial charge is 0.329 e. The van der Waals surface area contributed by atoms with Crippen molar-refractivity contribution in [3.05, 3.63) is 21.6 Å². The molecule has 0 amide bonds. The zero-order valence-electron chi connectivity index (χ0n) is 10.1. The summed E-state index contributed by atoms with van der Waals surface area (Å²) in [4.78, 5) is 20.0.